The van der Waals surface area contributed by atoms with E-state index in [0.717, 1.165) is 23.9 Å². The predicted octanol–water partition coefficient (Wildman–Crippen LogP) is 1.77. The Hall–Kier alpha value is -1.85. The molecule has 2 rings (SSSR count). The van der Waals surface area contributed by atoms with E-state index in [-0.39, 0.29) is 0 Å². The van der Waals surface area contributed by atoms with Crippen molar-refractivity contribution in [2.24, 2.45) is 7.05 Å². The van der Waals surface area contributed by atoms with Gasteiger partial charge < -0.3 is 5.32 Å². The lowest BCUT2D eigenvalue weighted by atomic mass is 10.2. The van der Waals surface area contributed by atoms with E-state index in [1.54, 1.807) is 4.68 Å². The highest BCUT2D eigenvalue weighted by molar-refractivity contribution is 5.27. The first kappa shape index (κ1) is 12.6. The quantitative estimate of drug-likeness (QED) is 0.876. The summed E-state index contributed by atoms with van der Waals surface area (Å²) < 4.78 is 3.69. The summed E-state index contributed by atoms with van der Waals surface area (Å²) >= 11 is 0. The van der Waals surface area contributed by atoms with Gasteiger partial charge in [-0.15, -0.1) is 0 Å². The molecular weight excluding hydrogens is 228 g/mol. The van der Waals surface area contributed by atoms with Crippen molar-refractivity contribution in [3.63, 3.8) is 0 Å². The maximum Gasteiger partial charge on any atom is 0.221 e. The van der Waals surface area contributed by atoms with Crippen molar-refractivity contribution in [3.8, 4) is 0 Å². The van der Waals surface area contributed by atoms with E-state index in [9.17, 15) is 0 Å². The maximum atomic E-state index is 4.46. The van der Waals surface area contributed by atoms with E-state index in [1.165, 1.54) is 0 Å². The molecule has 0 aromatic carbocycles. The minimum atomic E-state index is 0.342. The average Bonchev–Trinajstić information content (AvgIpc) is 2.93. The van der Waals surface area contributed by atoms with Crippen LogP contribution in [-0.2, 0) is 20.1 Å². The van der Waals surface area contributed by atoms with Gasteiger partial charge >= 0.3 is 0 Å². The average molecular weight is 248 g/mol. The summed E-state index contributed by atoms with van der Waals surface area (Å²) in [7, 11) is 1.90. The second-order valence-corrected chi connectivity index (χ2v) is 4.63. The molecule has 0 aliphatic carbocycles. The molecule has 0 spiro atoms. The van der Waals surface area contributed by atoms with Gasteiger partial charge in [-0.3, -0.25) is 4.68 Å². The fourth-order valence-electron chi connectivity index (χ4n) is 1.65. The Morgan fingerprint density at radius 2 is 2.17 bits per heavy atom. The number of anilines is 1. The normalized spacial score (nSPS) is 11.2. The molecule has 2 aromatic rings. The smallest absolute Gasteiger partial charge is 0.221 e. The van der Waals surface area contributed by atoms with Crippen LogP contribution >= 0.6 is 0 Å². The van der Waals surface area contributed by atoms with Gasteiger partial charge in [0.15, 0.2) is 5.82 Å². The summed E-state index contributed by atoms with van der Waals surface area (Å²) in [5.41, 5.74) is 1.14. The van der Waals surface area contributed by atoms with Crippen LogP contribution in [0, 0.1) is 0 Å². The summed E-state index contributed by atoms with van der Waals surface area (Å²) in [5, 5.41) is 11.9. The first-order valence-electron chi connectivity index (χ1n) is 6.26. The Morgan fingerprint density at radius 1 is 1.39 bits per heavy atom. The van der Waals surface area contributed by atoms with Crippen LogP contribution in [0.25, 0.3) is 0 Å². The molecule has 0 saturated carbocycles. The molecular formula is C12H20N6. The molecule has 0 unspecified atom stereocenters. The topological polar surface area (TPSA) is 60.6 Å². The van der Waals surface area contributed by atoms with Crippen molar-refractivity contribution in [1.82, 2.24) is 24.5 Å². The van der Waals surface area contributed by atoms with E-state index in [4.69, 9.17) is 0 Å². The molecule has 0 atom stereocenters. The molecule has 6 heteroatoms. The second kappa shape index (κ2) is 5.20. The largest absolute Gasteiger partial charge is 0.350 e. The Labute approximate surface area is 107 Å². The highest BCUT2D eigenvalue weighted by Gasteiger charge is 2.09. The van der Waals surface area contributed by atoms with Crippen molar-refractivity contribution < 1.29 is 0 Å². The van der Waals surface area contributed by atoms with Crippen LogP contribution < -0.4 is 5.32 Å². The van der Waals surface area contributed by atoms with Crippen LogP contribution in [0.1, 0.15) is 38.1 Å². The van der Waals surface area contributed by atoms with Crippen LogP contribution in [0.3, 0.4) is 0 Å². The summed E-state index contributed by atoms with van der Waals surface area (Å²) in [4.78, 5) is 4.46. The molecule has 0 fully saturated rings. The number of rotatable bonds is 5. The lowest BCUT2D eigenvalue weighted by Gasteiger charge is -2.02. The van der Waals surface area contributed by atoms with Gasteiger partial charge in [0.1, 0.15) is 0 Å². The zero-order valence-corrected chi connectivity index (χ0v) is 11.4. The monoisotopic (exact) mass is 248 g/mol. The summed E-state index contributed by atoms with van der Waals surface area (Å²) in [6.45, 7) is 7.85. The maximum absolute atomic E-state index is 4.46. The SMILES string of the molecule is CCn1cc(CNc2nc(C(C)C)nn2C)cn1. The molecule has 0 radical (unpaired) electrons. The van der Waals surface area contributed by atoms with Gasteiger partial charge in [0.2, 0.25) is 5.95 Å². The van der Waals surface area contributed by atoms with Crippen LogP contribution in [-0.4, -0.2) is 24.5 Å². The van der Waals surface area contributed by atoms with Crippen molar-refractivity contribution in [3.05, 3.63) is 23.8 Å². The fourth-order valence-corrected chi connectivity index (χ4v) is 1.65. The second-order valence-electron chi connectivity index (χ2n) is 4.63. The number of aromatic nitrogens is 5. The van der Waals surface area contributed by atoms with Crippen LogP contribution in [0.15, 0.2) is 12.4 Å². The lowest BCUT2D eigenvalue weighted by Crippen LogP contribution is -2.05. The van der Waals surface area contributed by atoms with Crippen LogP contribution in [0.4, 0.5) is 5.95 Å². The third-order valence-corrected chi connectivity index (χ3v) is 2.76. The minimum Gasteiger partial charge on any atom is -0.350 e. The Kier molecular flexibility index (Phi) is 3.64. The fraction of sp³-hybridized carbons (Fsp3) is 0.583. The molecule has 2 heterocycles. The van der Waals surface area contributed by atoms with Gasteiger partial charge in [0, 0.05) is 37.8 Å². The molecule has 2 aromatic heterocycles. The third-order valence-electron chi connectivity index (χ3n) is 2.76. The van der Waals surface area contributed by atoms with E-state index < -0.39 is 0 Å². The Morgan fingerprint density at radius 3 is 2.72 bits per heavy atom. The van der Waals surface area contributed by atoms with E-state index in [1.807, 2.05) is 24.1 Å². The summed E-state index contributed by atoms with van der Waals surface area (Å²) in [5.74, 6) is 2.00. The van der Waals surface area contributed by atoms with Crippen LogP contribution in [0.2, 0.25) is 0 Å². The molecule has 6 nitrogen and oxygen atoms in total. The van der Waals surface area contributed by atoms with Gasteiger partial charge in [-0.2, -0.15) is 15.2 Å². The zero-order valence-electron chi connectivity index (χ0n) is 11.4. The molecule has 0 bridgehead atoms. The van der Waals surface area contributed by atoms with Gasteiger partial charge in [-0.1, -0.05) is 13.8 Å². The first-order chi connectivity index (χ1) is 8.60. The molecule has 0 amide bonds. The number of aryl methyl sites for hydroxylation is 2. The van der Waals surface area contributed by atoms with Crippen molar-refractivity contribution in [2.45, 2.75) is 39.8 Å². The number of hydrogen-bond acceptors (Lipinski definition) is 4. The van der Waals surface area contributed by atoms with Crippen molar-refractivity contribution in [1.29, 1.82) is 0 Å². The number of nitrogens with one attached hydrogen (secondary N) is 1. The first-order valence-corrected chi connectivity index (χ1v) is 6.26. The molecule has 0 aliphatic rings. The predicted molar refractivity (Wildman–Crippen MR) is 70.3 cm³/mol. The molecule has 0 saturated heterocycles. The van der Waals surface area contributed by atoms with Gasteiger partial charge in [-0.05, 0) is 6.92 Å². The van der Waals surface area contributed by atoms with E-state index >= 15 is 0 Å². The van der Waals surface area contributed by atoms with E-state index in [2.05, 4.69) is 41.3 Å². The Bertz CT molecular complexity index is 510. The zero-order chi connectivity index (χ0) is 13.1. The third kappa shape index (κ3) is 2.69. The van der Waals surface area contributed by atoms with Gasteiger partial charge in [-0.25, -0.2) is 4.68 Å². The van der Waals surface area contributed by atoms with E-state index in [0.29, 0.717) is 12.5 Å². The number of nitrogens with zero attached hydrogens (tertiary/aromatic N) is 5. The van der Waals surface area contributed by atoms with Gasteiger partial charge in [0.25, 0.3) is 0 Å². The minimum absolute atomic E-state index is 0.342. The molecule has 18 heavy (non-hydrogen) atoms. The van der Waals surface area contributed by atoms with Gasteiger partial charge in [0.05, 0.1) is 6.20 Å². The van der Waals surface area contributed by atoms with Crippen molar-refractivity contribution in [2.75, 3.05) is 5.32 Å². The lowest BCUT2D eigenvalue weighted by molar-refractivity contribution is 0.659. The van der Waals surface area contributed by atoms with Crippen molar-refractivity contribution >= 4 is 5.95 Å². The van der Waals surface area contributed by atoms with Crippen LogP contribution in [0.5, 0.6) is 0 Å². The Balaban J connectivity index is 2.01. The number of hydrogen-bond donors (Lipinski definition) is 1. The summed E-state index contributed by atoms with van der Waals surface area (Å²) in [6, 6.07) is 0. The molecule has 0 aliphatic heterocycles. The highest BCUT2D eigenvalue weighted by Crippen LogP contribution is 2.12. The highest BCUT2D eigenvalue weighted by atomic mass is 15.4. The molecule has 98 valence electrons. The molecule has 1 N–H and O–H groups in total. The summed E-state index contributed by atoms with van der Waals surface area (Å²) in [6.07, 6.45) is 3.91. The standard InChI is InChI=1S/C12H20N6/c1-5-18-8-10(7-14-18)6-13-12-15-11(9(2)3)16-17(12)4/h7-9H,5-6H2,1-4H3,(H,13,15,16).